The standard InChI is InChI=1S/C10H15N3O2/c1-13(2)7-3-4-8(11)9(5-7)15-6-10(12)14/h3-5H,6,11H2,1-2H3,(H2,12,14). The van der Waals surface area contributed by atoms with Crippen LogP contribution in [0, 0.1) is 0 Å². The summed E-state index contributed by atoms with van der Waals surface area (Å²) in [6, 6.07) is 5.36. The number of anilines is 2. The molecule has 0 saturated heterocycles. The van der Waals surface area contributed by atoms with Gasteiger partial charge >= 0.3 is 0 Å². The molecule has 0 aromatic heterocycles. The Morgan fingerprint density at radius 1 is 1.47 bits per heavy atom. The van der Waals surface area contributed by atoms with Crippen molar-refractivity contribution in [1.29, 1.82) is 0 Å². The lowest BCUT2D eigenvalue weighted by Gasteiger charge is -2.15. The monoisotopic (exact) mass is 209 g/mol. The van der Waals surface area contributed by atoms with Crippen LogP contribution >= 0.6 is 0 Å². The number of carbonyl (C=O) groups excluding carboxylic acids is 1. The molecule has 4 N–H and O–H groups in total. The largest absolute Gasteiger partial charge is 0.482 e. The zero-order valence-corrected chi connectivity index (χ0v) is 8.86. The van der Waals surface area contributed by atoms with Crippen molar-refractivity contribution in [1.82, 2.24) is 0 Å². The minimum Gasteiger partial charge on any atom is -0.482 e. The lowest BCUT2D eigenvalue weighted by atomic mass is 10.2. The third kappa shape index (κ3) is 3.05. The van der Waals surface area contributed by atoms with Gasteiger partial charge in [-0.1, -0.05) is 0 Å². The number of carbonyl (C=O) groups is 1. The molecular formula is C10H15N3O2. The van der Waals surface area contributed by atoms with Gasteiger partial charge in [0, 0.05) is 25.8 Å². The third-order valence-electron chi connectivity index (χ3n) is 1.88. The fraction of sp³-hybridized carbons (Fsp3) is 0.300. The molecule has 0 saturated carbocycles. The number of nitrogen functional groups attached to an aromatic ring is 1. The zero-order valence-electron chi connectivity index (χ0n) is 8.86. The van der Waals surface area contributed by atoms with Crippen molar-refractivity contribution in [3.63, 3.8) is 0 Å². The molecule has 15 heavy (non-hydrogen) atoms. The number of benzene rings is 1. The predicted molar refractivity (Wildman–Crippen MR) is 59.9 cm³/mol. The highest BCUT2D eigenvalue weighted by atomic mass is 16.5. The molecule has 0 fully saturated rings. The Labute approximate surface area is 88.6 Å². The summed E-state index contributed by atoms with van der Waals surface area (Å²) < 4.78 is 5.16. The normalized spacial score (nSPS) is 9.73. The second-order valence-corrected chi connectivity index (χ2v) is 3.37. The molecular weight excluding hydrogens is 194 g/mol. The summed E-state index contributed by atoms with van der Waals surface area (Å²) in [5, 5.41) is 0. The molecule has 0 aliphatic rings. The summed E-state index contributed by atoms with van der Waals surface area (Å²) >= 11 is 0. The van der Waals surface area contributed by atoms with Gasteiger partial charge in [-0.2, -0.15) is 0 Å². The number of nitrogens with two attached hydrogens (primary N) is 2. The van der Waals surface area contributed by atoms with Crippen LogP contribution in [0.4, 0.5) is 11.4 Å². The Kier molecular flexibility index (Phi) is 3.38. The number of amides is 1. The van der Waals surface area contributed by atoms with E-state index in [4.69, 9.17) is 16.2 Å². The van der Waals surface area contributed by atoms with Crippen molar-refractivity contribution in [3.8, 4) is 5.75 Å². The van der Waals surface area contributed by atoms with Gasteiger partial charge in [-0.25, -0.2) is 0 Å². The van der Waals surface area contributed by atoms with Crippen molar-refractivity contribution >= 4 is 17.3 Å². The smallest absolute Gasteiger partial charge is 0.255 e. The molecule has 1 amide bonds. The molecule has 1 rings (SSSR count). The van der Waals surface area contributed by atoms with Gasteiger partial charge in [0.25, 0.3) is 5.91 Å². The van der Waals surface area contributed by atoms with E-state index in [2.05, 4.69) is 0 Å². The molecule has 0 radical (unpaired) electrons. The van der Waals surface area contributed by atoms with Gasteiger partial charge in [0.2, 0.25) is 0 Å². The van der Waals surface area contributed by atoms with E-state index < -0.39 is 5.91 Å². The topological polar surface area (TPSA) is 81.6 Å². The van der Waals surface area contributed by atoms with Crippen LogP contribution in [0.5, 0.6) is 5.75 Å². The zero-order chi connectivity index (χ0) is 11.4. The van der Waals surface area contributed by atoms with Gasteiger partial charge in [-0.05, 0) is 12.1 Å². The van der Waals surface area contributed by atoms with E-state index in [-0.39, 0.29) is 6.61 Å². The molecule has 0 aliphatic heterocycles. The number of hydrogen-bond acceptors (Lipinski definition) is 4. The fourth-order valence-corrected chi connectivity index (χ4v) is 1.08. The van der Waals surface area contributed by atoms with Crippen molar-refractivity contribution in [2.24, 2.45) is 5.73 Å². The number of hydrogen-bond donors (Lipinski definition) is 2. The molecule has 82 valence electrons. The minimum absolute atomic E-state index is 0.166. The summed E-state index contributed by atoms with van der Waals surface area (Å²) in [5.74, 6) is -0.0512. The van der Waals surface area contributed by atoms with E-state index in [1.54, 1.807) is 12.1 Å². The average Bonchev–Trinajstić information content (AvgIpc) is 2.16. The maximum Gasteiger partial charge on any atom is 0.255 e. The van der Waals surface area contributed by atoms with Crippen molar-refractivity contribution in [3.05, 3.63) is 18.2 Å². The van der Waals surface area contributed by atoms with Gasteiger partial charge < -0.3 is 21.1 Å². The van der Waals surface area contributed by atoms with E-state index in [0.29, 0.717) is 11.4 Å². The maximum atomic E-state index is 10.5. The number of rotatable bonds is 4. The quantitative estimate of drug-likeness (QED) is 0.694. The van der Waals surface area contributed by atoms with Crippen molar-refractivity contribution in [2.75, 3.05) is 31.3 Å². The van der Waals surface area contributed by atoms with E-state index in [9.17, 15) is 4.79 Å². The van der Waals surface area contributed by atoms with Crippen LogP contribution in [-0.2, 0) is 4.79 Å². The Balaban J connectivity index is 2.85. The summed E-state index contributed by atoms with van der Waals surface area (Å²) in [5.41, 5.74) is 12.1. The summed E-state index contributed by atoms with van der Waals surface area (Å²) in [6.45, 7) is -0.166. The first-order chi connectivity index (χ1) is 7.00. The van der Waals surface area contributed by atoms with E-state index in [0.717, 1.165) is 5.69 Å². The molecule has 5 nitrogen and oxygen atoms in total. The molecule has 0 unspecified atom stereocenters. The highest BCUT2D eigenvalue weighted by molar-refractivity contribution is 5.75. The molecule has 1 aromatic rings. The van der Waals surface area contributed by atoms with Crippen molar-refractivity contribution in [2.45, 2.75) is 0 Å². The van der Waals surface area contributed by atoms with Gasteiger partial charge in [-0.3, -0.25) is 4.79 Å². The van der Waals surface area contributed by atoms with E-state index >= 15 is 0 Å². The first-order valence-electron chi connectivity index (χ1n) is 4.48. The highest BCUT2D eigenvalue weighted by Crippen LogP contribution is 2.26. The minimum atomic E-state index is -0.523. The van der Waals surface area contributed by atoms with Crippen LogP contribution in [-0.4, -0.2) is 26.6 Å². The summed E-state index contributed by atoms with van der Waals surface area (Å²) in [6.07, 6.45) is 0. The lowest BCUT2D eigenvalue weighted by molar-refractivity contribution is -0.119. The predicted octanol–water partition coefficient (Wildman–Crippen LogP) is 0.199. The second kappa shape index (κ2) is 4.54. The van der Waals surface area contributed by atoms with Gasteiger partial charge in [0.1, 0.15) is 5.75 Å². The molecule has 0 atom stereocenters. The Bertz CT molecular complexity index is 364. The van der Waals surface area contributed by atoms with Crippen LogP contribution < -0.4 is 21.1 Å². The summed E-state index contributed by atoms with van der Waals surface area (Å²) in [7, 11) is 3.81. The first-order valence-corrected chi connectivity index (χ1v) is 4.48. The molecule has 0 heterocycles. The SMILES string of the molecule is CN(C)c1ccc(N)c(OCC(N)=O)c1. The molecule has 0 spiro atoms. The number of nitrogens with zero attached hydrogens (tertiary/aromatic N) is 1. The third-order valence-corrected chi connectivity index (χ3v) is 1.88. The molecule has 5 heteroatoms. The molecule has 1 aromatic carbocycles. The molecule has 0 bridgehead atoms. The Morgan fingerprint density at radius 3 is 2.67 bits per heavy atom. The summed E-state index contributed by atoms with van der Waals surface area (Å²) in [4.78, 5) is 12.5. The van der Waals surface area contributed by atoms with Crippen LogP contribution in [0.2, 0.25) is 0 Å². The Morgan fingerprint density at radius 2 is 2.13 bits per heavy atom. The Hall–Kier alpha value is -1.91. The van der Waals surface area contributed by atoms with Crippen molar-refractivity contribution < 1.29 is 9.53 Å². The number of ether oxygens (including phenoxy) is 1. The van der Waals surface area contributed by atoms with Crippen LogP contribution in [0.25, 0.3) is 0 Å². The van der Waals surface area contributed by atoms with Crippen LogP contribution in [0.15, 0.2) is 18.2 Å². The van der Waals surface area contributed by atoms with Crippen LogP contribution in [0.1, 0.15) is 0 Å². The molecule has 0 aliphatic carbocycles. The second-order valence-electron chi connectivity index (χ2n) is 3.37. The van der Waals surface area contributed by atoms with Crippen LogP contribution in [0.3, 0.4) is 0 Å². The van der Waals surface area contributed by atoms with Gasteiger partial charge in [0.05, 0.1) is 5.69 Å². The van der Waals surface area contributed by atoms with Gasteiger partial charge in [-0.15, -0.1) is 0 Å². The fourth-order valence-electron chi connectivity index (χ4n) is 1.08. The average molecular weight is 209 g/mol. The first kappa shape index (κ1) is 11.2. The highest BCUT2D eigenvalue weighted by Gasteiger charge is 2.04. The number of primary amides is 1. The van der Waals surface area contributed by atoms with E-state index in [1.165, 1.54) is 0 Å². The maximum absolute atomic E-state index is 10.5. The van der Waals surface area contributed by atoms with Gasteiger partial charge in [0.15, 0.2) is 6.61 Å². The van der Waals surface area contributed by atoms with E-state index in [1.807, 2.05) is 25.1 Å². The lowest BCUT2D eigenvalue weighted by Crippen LogP contribution is -2.20.